The Morgan fingerprint density at radius 3 is 2.68 bits per heavy atom. The fraction of sp³-hybridized carbons (Fsp3) is 0.474. The minimum absolute atomic E-state index is 0.0933. The number of aryl methyl sites for hydroxylation is 1. The molecule has 1 atom stereocenters. The van der Waals surface area contributed by atoms with Crippen LogP contribution in [0.2, 0.25) is 0 Å². The van der Waals surface area contributed by atoms with E-state index in [9.17, 15) is 9.59 Å². The van der Waals surface area contributed by atoms with Gasteiger partial charge in [-0.1, -0.05) is 18.2 Å². The van der Waals surface area contributed by atoms with Gasteiger partial charge in [0.05, 0.1) is 23.9 Å². The molecule has 3 rings (SSSR count). The van der Waals surface area contributed by atoms with Crippen LogP contribution in [0.25, 0.3) is 10.8 Å². The average Bonchev–Trinajstić information content (AvgIpc) is 2.56. The quantitative estimate of drug-likeness (QED) is 0.852. The Morgan fingerprint density at radius 2 is 2.00 bits per heavy atom. The maximum Gasteiger partial charge on any atom is 0.258 e. The highest BCUT2D eigenvalue weighted by molar-refractivity contribution is 6.06. The van der Waals surface area contributed by atoms with Crippen LogP contribution in [0.1, 0.15) is 24.2 Å². The van der Waals surface area contributed by atoms with E-state index in [1.165, 1.54) is 4.57 Å². The molecular weight excluding hydrogens is 320 g/mol. The number of hydrogen-bond acceptors (Lipinski definition) is 4. The van der Waals surface area contributed by atoms with Gasteiger partial charge in [0.25, 0.3) is 11.5 Å². The molecule has 0 radical (unpaired) electrons. The van der Waals surface area contributed by atoms with Crippen molar-refractivity contribution in [3.05, 3.63) is 46.4 Å². The van der Waals surface area contributed by atoms with Gasteiger partial charge in [-0.15, -0.1) is 0 Å². The zero-order valence-electron chi connectivity index (χ0n) is 15.1. The molecule has 1 amide bonds. The number of morpholine rings is 1. The first-order chi connectivity index (χ1) is 11.8. The van der Waals surface area contributed by atoms with Gasteiger partial charge < -0.3 is 18.9 Å². The van der Waals surface area contributed by atoms with Crippen LogP contribution >= 0.6 is 0 Å². The molecule has 6 heteroatoms. The van der Waals surface area contributed by atoms with Crippen LogP contribution in [0, 0.1) is 0 Å². The fourth-order valence-electron chi connectivity index (χ4n) is 3.48. The van der Waals surface area contributed by atoms with Gasteiger partial charge in [0.15, 0.2) is 0 Å². The normalized spacial score (nSPS) is 20.0. The van der Waals surface area contributed by atoms with Gasteiger partial charge in [0.2, 0.25) is 0 Å². The largest absolute Gasteiger partial charge is 0.382 e. The van der Waals surface area contributed by atoms with Crippen LogP contribution < -0.4 is 5.56 Å². The summed E-state index contributed by atoms with van der Waals surface area (Å²) in [6.45, 7) is 5.32. The Balaban J connectivity index is 2.02. The van der Waals surface area contributed by atoms with E-state index in [-0.39, 0.29) is 17.6 Å². The van der Waals surface area contributed by atoms with E-state index < -0.39 is 5.60 Å². The number of hydrogen-bond donors (Lipinski definition) is 0. The van der Waals surface area contributed by atoms with E-state index in [0.29, 0.717) is 36.0 Å². The number of rotatable bonds is 3. The van der Waals surface area contributed by atoms with Crippen molar-refractivity contribution in [3.63, 3.8) is 0 Å². The maximum absolute atomic E-state index is 13.2. The van der Waals surface area contributed by atoms with Crippen molar-refractivity contribution >= 4 is 16.7 Å². The van der Waals surface area contributed by atoms with Gasteiger partial charge in [0.1, 0.15) is 0 Å². The summed E-state index contributed by atoms with van der Waals surface area (Å²) in [7, 11) is 3.29. The molecule has 0 N–H and O–H groups in total. The molecule has 0 unspecified atom stereocenters. The van der Waals surface area contributed by atoms with Gasteiger partial charge in [0, 0.05) is 44.2 Å². The molecule has 0 aliphatic carbocycles. The molecule has 134 valence electrons. The van der Waals surface area contributed by atoms with E-state index >= 15 is 0 Å². The highest BCUT2D eigenvalue weighted by Crippen LogP contribution is 2.24. The topological polar surface area (TPSA) is 60.8 Å². The number of nitrogens with zero attached hydrogens (tertiary/aromatic N) is 2. The van der Waals surface area contributed by atoms with Crippen molar-refractivity contribution in [3.8, 4) is 0 Å². The van der Waals surface area contributed by atoms with Crippen molar-refractivity contribution in [2.45, 2.75) is 25.6 Å². The molecule has 1 aromatic heterocycles. The minimum Gasteiger partial charge on any atom is -0.382 e. The zero-order chi connectivity index (χ0) is 18.2. The highest BCUT2D eigenvalue weighted by atomic mass is 16.5. The Bertz CT molecular complexity index is 856. The van der Waals surface area contributed by atoms with E-state index in [1.807, 2.05) is 32.0 Å². The summed E-state index contributed by atoms with van der Waals surface area (Å²) in [5, 5.41) is 1.24. The van der Waals surface area contributed by atoms with E-state index in [1.54, 1.807) is 31.3 Å². The van der Waals surface area contributed by atoms with Gasteiger partial charge in [-0.2, -0.15) is 0 Å². The molecule has 2 heterocycles. The van der Waals surface area contributed by atoms with Crippen LogP contribution in [-0.4, -0.2) is 53.9 Å². The van der Waals surface area contributed by atoms with Gasteiger partial charge >= 0.3 is 0 Å². The van der Waals surface area contributed by atoms with Crippen LogP contribution in [0.3, 0.4) is 0 Å². The Morgan fingerprint density at radius 1 is 1.32 bits per heavy atom. The summed E-state index contributed by atoms with van der Waals surface area (Å²) >= 11 is 0. The van der Waals surface area contributed by atoms with Crippen molar-refractivity contribution < 1.29 is 14.3 Å². The van der Waals surface area contributed by atoms with Gasteiger partial charge in [-0.3, -0.25) is 9.59 Å². The van der Waals surface area contributed by atoms with Crippen molar-refractivity contribution in [2.75, 3.05) is 26.8 Å². The second-order valence-corrected chi connectivity index (χ2v) is 7.14. The zero-order valence-corrected chi connectivity index (χ0v) is 15.1. The molecule has 1 aliphatic rings. The number of carbonyl (C=O) groups excluding carboxylic acids is 1. The lowest BCUT2D eigenvalue weighted by molar-refractivity contribution is -0.143. The molecule has 25 heavy (non-hydrogen) atoms. The molecule has 0 bridgehead atoms. The Kier molecular flexibility index (Phi) is 4.67. The molecular formula is C19H24N2O4. The number of pyridine rings is 1. The lowest BCUT2D eigenvalue weighted by Crippen LogP contribution is -2.55. The molecule has 1 aliphatic heterocycles. The molecule has 1 fully saturated rings. The van der Waals surface area contributed by atoms with Crippen LogP contribution in [0.4, 0.5) is 0 Å². The molecule has 0 spiro atoms. The predicted octanol–water partition coefficient (Wildman–Crippen LogP) is 1.80. The molecule has 6 nitrogen and oxygen atoms in total. The van der Waals surface area contributed by atoms with Crippen molar-refractivity contribution in [1.82, 2.24) is 9.47 Å². The number of amides is 1. The fourth-order valence-corrected chi connectivity index (χ4v) is 3.48. The smallest absolute Gasteiger partial charge is 0.258 e. The lowest BCUT2D eigenvalue weighted by atomic mass is 10.0. The Hall–Kier alpha value is -2.18. The minimum atomic E-state index is -0.451. The lowest BCUT2D eigenvalue weighted by Gasteiger charge is -2.42. The Labute approximate surface area is 146 Å². The van der Waals surface area contributed by atoms with Crippen LogP contribution in [0.5, 0.6) is 0 Å². The number of aromatic nitrogens is 1. The summed E-state index contributed by atoms with van der Waals surface area (Å²) in [5.74, 6) is -0.0933. The predicted molar refractivity (Wildman–Crippen MR) is 95.9 cm³/mol. The van der Waals surface area contributed by atoms with Crippen LogP contribution in [0.15, 0.2) is 35.3 Å². The van der Waals surface area contributed by atoms with E-state index in [2.05, 4.69) is 0 Å². The average molecular weight is 344 g/mol. The summed E-state index contributed by atoms with van der Waals surface area (Å²) in [4.78, 5) is 27.3. The monoisotopic (exact) mass is 344 g/mol. The standard InChI is InChI=1S/C19H24N2O4/c1-19(2)12-21(9-13(25-19)11-24-4)18(23)16-10-20(3)17(22)15-8-6-5-7-14(15)16/h5-8,10,13H,9,11-12H2,1-4H3/t13-/m0/s1. The van der Waals surface area contributed by atoms with Crippen LogP contribution in [-0.2, 0) is 16.5 Å². The second-order valence-electron chi connectivity index (χ2n) is 7.14. The number of carbonyl (C=O) groups is 1. The first-order valence-corrected chi connectivity index (χ1v) is 8.37. The molecule has 2 aromatic rings. The summed E-state index contributed by atoms with van der Waals surface area (Å²) in [6.07, 6.45) is 1.46. The maximum atomic E-state index is 13.2. The van der Waals surface area contributed by atoms with Crippen molar-refractivity contribution in [2.24, 2.45) is 7.05 Å². The summed E-state index contributed by atoms with van der Waals surface area (Å²) in [5.41, 5.74) is -0.0219. The first kappa shape index (κ1) is 17.6. The number of ether oxygens (including phenoxy) is 2. The third-order valence-electron chi connectivity index (χ3n) is 4.44. The summed E-state index contributed by atoms with van der Waals surface area (Å²) < 4.78 is 12.7. The van der Waals surface area contributed by atoms with Crippen molar-refractivity contribution in [1.29, 1.82) is 0 Å². The van der Waals surface area contributed by atoms with Gasteiger partial charge in [-0.25, -0.2) is 0 Å². The second kappa shape index (κ2) is 6.61. The van der Waals surface area contributed by atoms with E-state index in [4.69, 9.17) is 9.47 Å². The first-order valence-electron chi connectivity index (χ1n) is 8.37. The third kappa shape index (κ3) is 3.45. The summed E-state index contributed by atoms with van der Waals surface area (Å²) in [6, 6.07) is 7.23. The number of benzene rings is 1. The SMILES string of the molecule is COC[C@@H]1CN(C(=O)c2cn(C)c(=O)c3ccccc23)CC(C)(C)O1. The number of fused-ring (bicyclic) bond motifs is 1. The third-order valence-corrected chi connectivity index (χ3v) is 4.44. The highest BCUT2D eigenvalue weighted by Gasteiger charge is 2.36. The molecule has 1 saturated heterocycles. The molecule has 1 aromatic carbocycles. The number of methoxy groups -OCH3 is 1. The van der Waals surface area contributed by atoms with Gasteiger partial charge in [-0.05, 0) is 19.9 Å². The molecule has 0 saturated carbocycles. The van der Waals surface area contributed by atoms with E-state index in [0.717, 1.165) is 0 Å².